The van der Waals surface area contributed by atoms with E-state index in [1.54, 1.807) is 0 Å². The molecule has 6 nitrogen and oxygen atoms in total. The summed E-state index contributed by atoms with van der Waals surface area (Å²) in [6.45, 7) is 6.88. The van der Waals surface area contributed by atoms with Crippen molar-refractivity contribution >= 4 is 6.21 Å². The van der Waals surface area contributed by atoms with E-state index >= 15 is 0 Å². The van der Waals surface area contributed by atoms with Crippen molar-refractivity contribution < 1.29 is 5.11 Å². The molecule has 2 aliphatic carbocycles. The van der Waals surface area contributed by atoms with E-state index in [9.17, 15) is 14.7 Å². The Hall–Kier alpha value is -1.85. The van der Waals surface area contributed by atoms with Crippen LogP contribution in [-0.2, 0) is 7.05 Å². The van der Waals surface area contributed by atoms with Gasteiger partial charge < -0.3 is 5.11 Å². The Morgan fingerprint density at radius 2 is 2.05 bits per heavy atom. The summed E-state index contributed by atoms with van der Waals surface area (Å²) in [4.78, 5) is 30.1. The predicted octanol–water partition coefficient (Wildman–Crippen LogP) is 1.41. The SMILES string of the molecule is Cn1c(O)c(C=N[C@@H]2C[C@@H]3CC[C@@]2(C)C3(C)C)c(=O)[nH]c1=O. The zero-order valence-corrected chi connectivity index (χ0v) is 13.5. The number of fused-ring (bicyclic) bond motifs is 2. The third-order valence-electron chi connectivity index (χ3n) is 6.46. The second-order valence-electron chi connectivity index (χ2n) is 7.46. The van der Waals surface area contributed by atoms with Crippen molar-refractivity contribution in [2.24, 2.45) is 28.8 Å². The Kier molecular flexibility index (Phi) is 3.13. The lowest BCUT2D eigenvalue weighted by Gasteiger charge is -2.37. The van der Waals surface area contributed by atoms with E-state index in [0.29, 0.717) is 5.92 Å². The van der Waals surface area contributed by atoms with E-state index in [2.05, 4.69) is 30.7 Å². The first-order valence-corrected chi connectivity index (χ1v) is 7.74. The highest BCUT2D eigenvalue weighted by atomic mass is 16.3. The largest absolute Gasteiger partial charge is 0.494 e. The third-order valence-corrected chi connectivity index (χ3v) is 6.46. The monoisotopic (exact) mass is 305 g/mol. The smallest absolute Gasteiger partial charge is 0.330 e. The van der Waals surface area contributed by atoms with Crippen LogP contribution in [0.3, 0.4) is 0 Å². The highest BCUT2D eigenvalue weighted by molar-refractivity contribution is 5.82. The molecule has 0 amide bonds. The maximum Gasteiger partial charge on any atom is 0.330 e. The minimum atomic E-state index is -0.632. The van der Waals surface area contributed by atoms with Crippen molar-refractivity contribution in [2.75, 3.05) is 0 Å². The molecule has 2 saturated carbocycles. The van der Waals surface area contributed by atoms with Gasteiger partial charge in [0.1, 0.15) is 5.56 Å². The first kappa shape index (κ1) is 15.1. The maximum atomic E-state index is 11.9. The summed E-state index contributed by atoms with van der Waals surface area (Å²) in [5.41, 5.74) is -0.819. The minimum absolute atomic E-state index is 0.0475. The van der Waals surface area contributed by atoms with Gasteiger partial charge in [-0.1, -0.05) is 20.8 Å². The molecule has 2 fully saturated rings. The topological polar surface area (TPSA) is 87.4 Å². The molecule has 0 aliphatic heterocycles. The van der Waals surface area contributed by atoms with Crippen molar-refractivity contribution in [2.45, 2.75) is 46.1 Å². The van der Waals surface area contributed by atoms with Crippen LogP contribution in [0, 0.1) is 16.7 Å². The van der Waals surface area contributed by atoms with Crippen LogP contribution in [0.4, 0.5) is 0 Å². The summed E-state index contributed by atoms with van der Waals surface area (Å²) in [5.74, 6) is 0.316. The van der Waals surface area contributed by atoms with Gasteiger partial charge in [0, 0.05) is 13.3 Å². The van der Waals surface area contributed by atoms with Crippen LogP contribution in [0.25, 0.3) is 0 Å². The Morgan fingerprint density at radius 3 is 2.59 bits per heavy atom. The van der Waals surface area contributed by atoms with Gasteiger partial charge in [0.15, 0.2) is 0 Å². The van der Waals surface area contributed by atoms with Crippen LogP contribution < -0.4 is 11.2 Å². The van der Waals surface area contributed by atoms with Crippen molar-refractivity contribution in [1.29, 1.82) is 0 Å². The molecule has 1 aromatic heterocycles. The molecule has 0 radical (unpaired) electrons. The van der Waals surface area contributed by atoms with Gasteiger partial charge in [-0.15, -0.1) is 0 Å². The van der Waals surface area contributed by atoms with Gasteiger partial charge in [-0.25, -0.2) is 4.79 Å². The van der Waals surface area contributed by atoms with Crippen LogP contribution in [0.5, 0.6) is 5.88 Å². The number of hydrogen-bond acceptors (Lipinski definition) is 4. The fraction of sp³-hybridized carbons (Fsp3) is 0.688. The first-order valence-electron chi connectivity index (χ1n) is 7.74. The average Bonchev–Trinajstić information content (AvgIpc) is 2.78. The zero-order valence-electron chi connectivity index (χ0n) is 13.5. The molecular weight excluding hydrogens is 282 g/mol. The highest BCUT2D eigenvalue weighted by Gasteiger charge is 2.61. The molecule has 0 spiro atoms. The molecule has 1 aromatic rings. The average molecular weight is 305 g/mol. The summed E-state index contributed by atoms with van der Waals surface area (Å²) in [6.07, 6.45) is 4.83. The number of nitrogens with zero attached hydrogens (tertiary/aromatic N) is 2. The van der Waals surface area contributed by atoms with Gasteiger partial charge in [-0.2, -0.15) is 0 Å². The molecule has 0 unspecified atom stereocenters. The summed E-state index contributed by atoms with van der Waals surface area (Å²) in [6, 6.07) is 0.150. The number of aromatic hydroxyl groups is 1. The Morgan fingerprint density at radius 1 is 1.36 bits per heavy atom. The first-order chi connectivity index (χ1) is 10.2. The molecular formula is C16H23N3O3. The quantitative estimate of drug-likeness (QED) is 0.810. The molecule has 120 valence electrons. The van der Waals surface area contributed by atoms with Crippen molar-refractivity contribution in [1.82, 2.24) is 9.55 Å². The maximum absolute atomic E-state index is 11.9. The number of rotatable bonds is 2. The zero-order chi connectivity index (χ0) is 16.3. The Balaban J connectivity index is 1.96. The number of aliphatic imine (C=N–C) groups is 1. The van der Waals surface area contributed by atoms with E-state index in [1.165, 1.54) is 19.7 Å². The summed E-state index contributed by atoms with van der Waals surface area (Å²) in [7, 11) is 1.41. The molecule has 2 N–H and O–H groups in total. The second kappa shape index (κ2) is 4.57. The Labute approximate surface area is 128 Å². The standard InChI is InChI=1S/C16H23N3O3/c1-15(2)9-5-6-16(15,3)11(7-9)17-8-10-12(20)18-14(22)19(4)13(10)21/h8-9,11,21H,5-7H2,1-4H3,(H,18,20,22)/t9-,11+,16+/m0/s1. The van der Waals surface area contributed by atoms with Crippen LogP contribution >= 0.6 is 0 Å². The van der Waals surface area contributed by atoms with Gasteiger partial charge >= 0.3 is 5.69 Å². The fourth-order valence-electron chi connectivity index (χ4n) is 4.29. The van der Waals surface area contributed by atoms with Gasteiger partial charge in [-0.3, -0.25) is 19.3 Å². The molecule has 0 aromatic carbocycles. The lowest BCUT2D eigenvalue weighted by Crippen LogP contribution is -2.35. The van der Waals surface area contributed by atoms with Crippen molar-refractivity contribution in [3.05, 3.63) is 26.4 Å². The number of aromatic amines is 1. The Bertz CT molecular complexity index is 759. The summed E-state index contributed by atoms with van der Waals surface area (Å²) in [5, 5.41) is 9.98. The van der Waals surface area contributed by atoms with Gasteiger partial charge in [0.25, 0.3) is 5.56 Å². The second-order valence-corrected chi connectivity index (χ2v) is 7.46. The molecule has 2 bridgehead atoms. The number of nitrogens with one attached hydrogen (secondary N) is 1. The lowest BCUT2D eigenvalue weighted by molar-refractivity contribution is 0.137. The predicted molar refractivity (Wildman–Crippen MR) is 84.6 cm³/mol. The molecule has 1 heterocycles. The summed E-state index contributed by atoms with van der Waals surface area (Å²) < 4.78 is 1.01. The highest BCUT2D eigenvalue weighted by Crippen LogP contribution is 2.66. The molecule has 2 aliphatic rings. The van der Waals surface area contributed by atoms with Gasteiger partial charge in [-0.05, 0) is 36.0 Å². The molecule has 0 saturated heterocycles. The lowest BCUT2D eigenvalue weighted by atomic mass is 9.69. The van der Waals surface area contributed by atoms with E-state index in [0.717, 1.165) is 17.4 Å². The molecule has 3 rings (SSSR count). The van der Waals surface area contributed by atoms with Gasteiger partial charge in [0.2, 0.25) is 5.88 Å². The van der Waals surface area contributed by atoms with E-state index in [-0.39, 0.29) is 28.3 Å². The summed E-state index contributed by atoms with van der Waals surface area (Å²) >= 11 is 0. The number of H-pyrrole nitrogens is 1. The van der Waals surface area contributed by atoms with Crippen molar-refractivity contribution in [3.63, 3.8) is 0 Å². The molecule has 22 heavy (non-hydrogen) atoms. The van der Waals surface area contributed by atoms with Crippen molar-refractivity contribution in [3.8, 4) is 5.88 Å². The third kappa shape index (κ3) is 1.82. The van der Waals surface area contributed by atoms with Crippen LogP contribution in [0.1, 0.15) is 45.6 Å². The van der Waals surface area contributed by atoms with E-state index < -0.39 is 11.2 Å². The van der Waals surface area contributed by atoms with Crippen LogP contribution in [0.15, 0.2) is 14.6 Å². The van der Waals surface area contributed by atoms with Crippen LogP contribution in [-0.4, -0.2) is 26.9 Å². The van der Waals surface area contributed by atoms with E-state index in [1.807, 2.05) is 0 Å². The normalized spacial score (nSPS) is 32.9. The van der Waals surface area contributed by atoms with E-state index in [4.69, 9.17) is 0 Å². The minimum Gasteiger partial charge on any atom is -0.494 e. The molecule has 3 atom stereocenters. The van der Waals surface area contributed by atoms with Crippen LogP contribution in [0.2, 0.25) is 0 Å². The number of aromatic nitrogens is 2. The number of hydrogen-bond donors (Lipinski definition) is 2. The fourth-order valence-corrected chi connectivity index (χ4v) is 4.29. The molecule has 6 heteroatoms. The van der Waals surface area contributed by atoms with Gasteiger partial charge in [0.05, 0.1) is 6.04 Å².